The van der Waals surface area contributed by atoms with E-state index in [1.807, 2.05) is 44.2 Å². The molecule has 0 saturated carbocycles. The van der Waals surface area contributed by atoms with Crippen LogP contribution in [0.3, 0.4) is 0 Å². The molecule has 10 nitrogen and oxygen atoms in total. The van der Waals surface area contributed by atoms with Gasteiger partial charge in [-0.15, -0.1) is 0 Å². The second-order valence-corrected chi connectivity index (χ2v) is 12.2. The molecule has 11 heteroatoms. The Bertz CT molecular complexity index is 1270. The Morgan fingerprint density at radius 1 is 0.889 bits per heavy atom. The van der Waals surface area contributed by atoms with Crippen molar-refractivity contribution < 1.29 is 37.8 Å². The van der Waals surface area contributed by atoms with E-state index < -0.39 is 29.9 Å². The Labute approximate surface area is 263 Å². The maximum Gasteiger partial charge on any atom is 0.408 e. The number of hydrogen-bond donors (Lipinski definition) is 3. The Balaban J connectivity index is 1.45. The molecule has 0 bridgehead atoms. The van der Waals surface area contributed by atoms with Crippen LogP contribution in [0.2, 0.25) is 0 Å². The van der Waals surface area contributed by atoms with Crippen molar-refractivity contribution >= 4 is 23.9 Å². The van der Waals surface area contributed by atoms with Gasteiger partial charge in [-0.2, -0.15) is 0 Å². The van der Waals surface area contributed by atoms with E-state index in [9.17, 15) is 23.6 Å². The Morgan fingerprint density at radius 3 is 2.27 bits per heavy atom. The summed E-state index contributed by atoms with van der Waals surface area (Å²) in [5, 5.41) is 8.55. The number of halogens is 1. The second kappa shape index (κ2) is 16.9. The number of cyclic esters (lactones) is 1. The molecule has 0 aromatic heterocycles. The summed E-state index contributed by atoms with van der Waals surface area (Å²) in [5.41, 5.74) is 1.40. The zero-order chi connectivity index (χ0) is 32.2. The molecule has 0 unspecified atom stereocenters. The molecular weight excluding hydrogens is 581 g/mol. The zero-order valence-corrected chi connectivity index (χ0v) is 26.0. The van der Waals surface area contributed by atoms with Crippen molar-refractivity contribution in [3.8, 4) is 0 Å². The van der Waals surface area contributed by atoms with E-state index >= 15 is 0 Å². The molecule has 2 aliphatic rings. The van der Waals surface area contributed by atoms with Crippen molar-refractivity contribution in [1.29, 1.82) is 0 Å². The first-order valence-electron chi connectivity index (χ1n) is 15.8. The average Bonchev–Trinajstić information content (AvgIpc) is 3.68. The van der Waals surface area contributed by atoms with Gasteiger partial charge >= 0.3 is 12.1 Å². The lowest BCUT2D eigenvalue weighted by atomic mass is 9.93. The molecule has 3 amide bonds. The number of hydrogen-bond acceptors (Lipinski definition) is 7. The molecule has 2 aliphatic heterocycles. The van der Waals surface area contributed by atoms with Crippen LogP contribution in [0.1, 0.15) is 63.5 Å². The average molecular weight is 626 g/mol. The summed E-state index contributed by atoms with van der Waals surface area (Å²) in [6.45, 7) is 4.93. The van der Waals surface area contributed by atoms with Gasteiger partial charge in [-0.25, -0.2) is 9.18 Å². The fourth-order valence-electron chi connectivity index (χ4n) is 5.71. The molecule has 2 aromatic rings. The fourth-order valence-corrected chi connectivity index (χ4v) is 5.71. The van der Waals surface area contributed by atoms with E-state index in [0.29, 0.717) is 44.5 Å². The summed E-state index contributed by atoms with van der Waals surface area (Å²) >= 11 is 0. The molecule has 2 saturated heterocycles. The summed E-state index contributed by atoms with van der Waals surface area (Å²) in [6.07, 6.45) is 2.98. The molecule has 2 aromatic carbocycles. The smallest absolute Gasteiger partial charge is 0.408 e. The number of amides is 3. The van der Waals surface area contributed by atoms with Gasteiger partial charge in [-0.1, -0.05) is 56.3 Å². The third-order valence-corrected chi connectivity index (χ3v) is 8.05. The third kappa shape index (κ3) is 11.1. The van der Waals surface area contributed by atoms with Gasteiger partial charge < -0.3 is 30.2 Å². The summed E-state index contributed by atoms with van der Waals surface area (Å²) in [7, 11) is 0. The van der Waals surface area contributed by atoms with Gasteiger partial charge in [0.2, 0.25) is 11.8 Å². The molecule has 5 atom stereocenters. The molecule has 0 spiro atoms. The predicted molar refractivity (Wildman–Crippen MR) is 164 cm³/mol. The molecule has 4 rings (SSSR count). The first-order chi connectivity index (χ1) is 21.7. The maximum absolute atomic E-state index is 13.7. The third-order valence-electron chi connectivity index (χ3n) is 8.05. The van der Waals surface area contributed by atoms with Gasteiger partial charge in [-0.3, -0.25) is 14.4 Å². The Kier molecular flexibility index (Phi) is 12.7. The summed E-state index contributed by atoms with van der Waals surface area (Å²) in [6, 6.07) is 12.4. The van der Waals surface area contributed by atoms with E-state index in [4.69, 9.17) is 14.2 Å². The van der Waals surface area contributed by atoms with Crippen molar-refractivity contribution in [2.45, 2.75) is 89.6 Å². The van der Waals surface area contributed by atoms with Crippen molar-refractivity contribution in [3.63, 3.8) is 0 Å². The summed E-state index contributed by atoms with van der Waals surface area (Å²) < 4.78 is 29.9. The quantitative estimate of drug-likeness (QED) is 0.253. The molecule has 45 heavy (non-hydrogen) atoms. The van der Waals surface area contributed by atoms with E-state index in [2.05, 4.69) is 16.0 Å². The zero-order valence-electron chi connectivity index (χ0n) is 26.0. The highest BCUT2D eigenvalue weighted by molar-refractivity contribution is 5.91. The first kappa shape index (κ1) is 33.9. The number of alkyl carbamates (subject to hydrolysis) is 1. The molecule has 0 aliphatic carbocycles. The molecule has 0 radical (unpaired) electrons. The highest BCUT2D eigenvalue weighted by Crippen LogP contribution is 2.25. The van der Waals surface area contributed by atoms with Gasteiger partial charge in [0.05, 0.1) is 18.6 Å². The topological polar surface area (TPSA) is 132 Å². The van der Waals surface area contributed by atoms with Crippen molar-refractivity contribution in [2.75, 3.05) is 13.2 Å². The van der Waals surface area contributed by atoms with Crippen LogP contribution in [0.25, 0.3) is 0 Å². The van der Waals surface area contributed by atoms with Crippen LogP contribution >= 0.6 is 0 Å². The fraction of sp³-hybridized carbons (Fsp3) is 0.529. The number of carbonyl (C=O) groups excluding carboxylic acids is 4. The van der Waals surface area contributed by atoms with Gasteiger partial charge in [-0.05, 0) is 67.7 Å². The maximum atomic E-state index is 13.7. The van der Waals surface area contributed by atoms with Crippen LogP contribution in [0.4, 0.5) is 9.18 Å². The lowest BCUT2D eigenvalue weighted by Crippen LogP contribution is -2.56. The van der Waals surface area contributed by atoms with E-state index in [1.165, 1.54) is 24.3 Å². The number of ether oxygens (including phenoxy) is 3. The number of carbonyl (C=O) groups is 4. The molecule has 3 N–H and O–H groups in total. The Hall–Kier alpha value is -3.99. The highest BCUT2D eigenvalue weighted by Gasteiger charge is 2.34. The Morgan fingerprint density at radius 2 is 1.62 bits per heavy atom. The van der Waals surface area contributed by atoms with Crippen LogP contribution < -0.4 is 16.0 Å². The number of benzene rings is 2. The highest BCUT2D eigenvalue weighted by atomic mass is 19.1. The minimum Gasteiger partial charge on any atom is -0.465 e. The standard InChI is InChI=1S/C34H44FN3O7/c1-22(2)17-29(31(39)36-27(20-28-9-6-15-43-28)19-25-14-16-44-33(25)41)37-32(40)30(18-23-10-12-26(35)13-11-23)38-34(42)45-21-24-7-4-3-5-8-24/h3-5,7-8,10-13,22,25,27-30H,6,9,14-21H2,1-2H3,(H,36,39)(H,37,40)(H,38,42)/t25-,27-,28+,29+,30+/m1/s1. The van der Waals surface area contributed by atoms with Gasteiger partial charge in [0.1, 0.15) is 24.5 Å². The van der Waals surface area contributed by atoms with Crippen LogP contribution in [-0.4, -0.2) is 61.3 Å². The molecular formula is C34H44FN3O7. The lowest BCUT2D eigenvalue weighted by Gasteiger charge is -2.28. The summed E-state index contributed by atoms with van der Waals surface area (Å²) in [4.78, 5) is 52.4. The monoisotopic (exact) mass is 625 g/mol. The number of esters is 1. The largest absolute Gasteiger partial charge is 0.465 e. The minimum atomic E-state index is -1.10. The van der Waals surface area contributed by atoms with E-state index in [-0.39, 0.29) is 48.9 Å². The van der Waals surface area contributed by atoms with Gasteiger partial charge in [0.25, 0.3) is 0 Å². The lowest BCUT2D eigenvalue weighted by molar-refractivity contribution is -0.141. The van der Waals surface area contributed by atoms with Crippen molar-refractivity contribution in [1.82, 2.24) is 16.0 Å². The number of nitrogens with one attached hydrogen (secondary N) is 3. The summed E-state index contributed by atoms with van der Waals surface area (Å²) in [5.74, 6) is -1.89. The van der Waals surface area contributed by atoms with E-state index in [1.54, 1.807) is 0 Å². The van der Waals surface area contributed by atoms with Crippen LogP contribution in [-0.2, 0) is 41.6 Å². The van der Waals surface area contributed by atoms with Gasteiger partial charge in [0, 0.05) is 19.1 Å². The van der Waals surface area contributed by atoms with Crippen molar-refractivity contribution in [3.05, 3.63) is 71.5 Å². The van der Waals surface area contributed by atoms with Crippen LogP contribution in [0.5, 0.6) is 0 Å². The normalized spacial score (nSPS) is 19.8. The minimum absolute atomic E-state index is 0.0105. The second-order valence-electron chi connectivity index (χ2n) is 12.2. The predicted octanol–water partition coefficient (Wildman–Crippen LogP) is 4.20. The first-order valence-corrected chi connectivity index (χ1v) is 15.8. The molecule has 244 valence electrons. The molecule has 2 fully saturated rings. The van der Waals surface area contributed by atoms with Crippen LogP contribution in [0, 0.1) is 17.7 Å². The van der Waals surface area contributed by atoms with Crippen LogP contribution in [0.15, 0.2) is 54.6 Å². The van der Waals surface area contributed by atoms with Crippen molar-refractivity contribution in [2.24, 2.45) is 11.8 Å². The van der Waals surface area contributed by atoms with Gasteiger partial charge in [0.15, 0.2) is 0 Å². The number of rotatable bonds is 15. The van der Waals surface area contributed by atoms with E-state index in [0.717, 1.165) is 18.4 Å². The SMILES string of the molecule is CC(C)C[C@H](NC(=O)[C@H](Cc1ccc(F)cc1)NC(=O)OCc1ccccc1)C(=O)N[C@@H](C[C@@H]1CCCO1)C[C@H]1CCOC1=O. The molecule has 2 heterocycles.